The van der Waals surface area contributed by atoms with Gasteiger partial charge in [0.1, 0.15) is 40.9 Å². The maximum absolute atomic E-state index is 12.2. The summed E-state index contributed by atoms with van der Waals surface area (Å²) in [5.74, 6) is -1.34. The minimum Gasteiger partial charge on any atom is -0.506 e. The maximum atomic E-state index is 12.2. The van der Waals surface area contributed by atoms with E-state index in [4.69, 9.17) is 16.4 Å². The maximum Gasteiger partial charge on any atom is 0.534 e. The van der Waals surface area contributed by atoms with Crippen LogP contribution in [0.1, 0.15) is 48.0 Å². The summed E-state index contributed by atoms with van der Waals surface area (Å²) < 4.78 is 91.7. The van der Waals surface area contributed by atoms with Crippen LogP contribution in [0.5, 0.6) is 17.2 Å². The molecule has 9 rings (SSSR count). The number of halogens is 3. The summed E-state index contributed by atoms with van der Waals surface area (Å²) in [6, 6.07) is 21.9. The van der Waals surface area contributed by atoms with E-state index in [2.05, 4.69) is 88.2 Å². The number of aryl methyl sites for hydroxylation is 4. The van der Waals surface area contributed by atoms with Crippen molar-refractivity contribution in [2.24, 2.45) is 28.2 Å². The molecule has 9 aromatic rings. The smallest absolute Gasteiger partial charge is 0.506 e. The molecule has 83 heavy (non-hydrogen) atoms. The monoisotopic (exact) mass is 1170 g/mol. The molecule has 30 nitrogen and oxygen atoms in total. The Morgan fingerprint density at radius 2 is 0.892 bits per heavy atom. The number of pyridine rings is 4. The van der Waals surface area contributed by atoms with Crippen LogP contribution in [-0.2, 0) is 63.9 Å². The zero-order valence-corrected chi connectivity index (χ0v) is 45.3. The zero-order valence-electron chi connectivity index (χ0n) is 44.5. The lowest BCUT2D eigenvalue weighted by atomic mass is 10.2. The fraction of sp³-hybridized carbons (Fsp3) is 0.204. The molecule has 0 bridgehead atoms. The highest BCUT2D eigenvalue weighted by atomic mass is 32.2. The lowest BCUT2D eigenvalue weighted by Gasteiger charge is -2.09. The highest BCUT2D eigenvalue weighted by molar-refractivity contribution is 7.88. The molecular formula is C49H44F3N17O13S. The number of hydrogen-bond acceptors (Lipinski definition) is 25. The van der Waals surface area contributed by atoms with Gasteiger partial charge >= 0.3 is 39.5 Å². The lowest BCUT2D eigenvalue weighted by Crippen LogP contribution is -2.28. The minimum atomic E-state index is -5.78. The van der Waals surface area contributed by atoms with E-state index in [9.17, 15) is 40.8 Å². The number of benzene rings is 1. The lowest BCUT2D eigenvalue weighted by molar-refractivity contribution is -0.0500. The van der Waals surface area contributed by atoms with Crippen LogP contribution >= 0.6 is 0 Å². The van der Waals surface area contributed by atoms with Gasteiger partial charge in [-0.1, -0.05) is 36.4 Å². The van der Waals surface area contributed by atoms with Crippen LogP contribution in [0.3, 0.4) is 0 Å². The van der Waals surface area contributed by atoms with Gasteiger partial charge in [0.05, 0.1) is 53.6 Å². The predicted octanol–water partition coefficient (Wildman–Crippen LogP) is 4.72. The first-order chi connectivity index (χ1) is 39.5. The first kappa shape index (κ1) is 61.1. The molecule has 0 aliphatic rings. The summed E-state index contributed by atoms with van der Waals surface area (Å²) in [7, 11) is 5.61. The van der Waals surface area contributed by atoms with E-state index in [0.717, 1.165) is 31.0 Å². The second-order valence-corrected chi connectivity index (χ2v) is 17.5. The van der Waals surface area contributed by atoms with Crippen LogP contribution < -0.4 is 8.92 Å². The van der Waals surface area contributed by atoms with E-state index in [1.165, 1.54) is 65.6 Å². The Balaban J connectivity index is 0.000000180. The Hall–Kier alpha value is -11.1. The van der Waals surface area contributed by atoms with E-state index in [1.807, 2.05) is 30.3 Å². The molecule has 0 fully saturated rings. The van der Waals surface area contributed by atoms with Gasteiger partial charge in [0.25, 0.3) is 23.3 Å². The number of aromatic hydroxyl groups is 1. The number of hydrogen-bond donors (Lipinski definition) is 1. The summed E-state index contributed by atoms with van der Waals surface area (Å²) in [6.45, 7) is 7.31. The van der Waals surface area contributed by atoms with Crippen molar-refractivity contribution in [3.63, 3.8) is 0 Å². The Morgan fingerprint density at radius 3 is 1.20 bits per heavy atom. The normalized spacial score (nSPS) is 10.7. The summed E-state index contributed by atoms with van der Waals surface area (Å²) in [6.07, 6.45) is 5.12. The molecule has 0 amide bonds. The Kier molecular flexibility index (Phi) is 20.0. The number of aromatic nitrogens is 16. The molecule has 8 aromatic heterocycles. The molecule has 0 spiro atoms. The van der Waals surface area contributed by atoms with Crippen LogP contribution in [0.2, 0.25) is 0 Å². The fourth-order valence-corrected chi connectivity index (χ4v) is 6.77. The van der Waals surface area contributed by atoms with Crippen LogP contribution in [0.4, 0.5) is 18.9 Å². The number of nitrogens with zero attached hydrogens (tertiary/aromatic N) is 17. The van der Waals surface area contributed by atoms with Crippen molar-refractivity contribution in [1.29, 1.82) is 0 Å². The van der Waals surface area contributed by atoms with E-state index >= 15 is 0 Å². The van der Waals surface area contributed by atoms with Gasteiger partial charge in [0.15, 0.2) is 29.0 Å². The Bertz CT molecular complexity index is 3870. The summed E-state index contributed by atoms with van der Waals surface area (Å²) >= 11 is 0. The molecule has 0 aliphatic heterocycles. The molecule has 0 saturated carbocycles. The van der Waals surface area contributed by atoms with Crippen molar-refractivity contribution < 1.29 is 73.7 Å². The van der Waals surface area contributed by atoms with Crippen molar-refractivity contribution in [2.75, 3.05) is 28.4 Å². The number of carbonyl (C=O) groups is 4. The summed E-state index contributed by atoms with van der Waals surface area (Å²) in [5, 5.41) is 24.8. The third-order valence-corrected chi connectivity index (χ3v) is 11.3. The molecule has 430 valence electrons. The van der Waals surface area contributed by atoms with Crippen molar-refractivity contribution in [3.8, 4) is 63.3 Å². The highest BCUT2D eigenvalue weighted by Gasteiger charge is 2.48. The molecule has 1 aromatic carbocycles. The van der Waals surface area contributed by atoms with E-state index < -0.39 is 45.3 Å². The second-order valence-electron chi connectivity index (χ2n) is 15.9. The van der Waals surface area contributed by atoms with E-state index in [0.29, 0.717) is 52.6 Å². The zero-order chi connectivity index (χ0) is 60.6. The number of ether oxygens (including phenoxy) is 5. The van der Waals surface area contributed by atoms with Gasteiger partial charge < -0.3 is 33.0 Å². The third kappa shape index (κ3) is 15.8. The van der Waals surface area contributed by atoms with Gasteiger partial charge in [-0.05, 0) is 48.0 Å². The van der Waals surface area contributed by atoms with Crippen LogP contribution in [0.25, 0.3) is 50.9 Å². The minimum absolute atomic E-state index is 0.00111. The molecule has 34 heteroatoms. The molecule has 8 heterocycles. The average molecular weight is 1170 g/mol. The molecule has 0 aliphatic carbocycles. The highest BCUT2D eigenvalue weighted by Crippen LogP contribution is 2.28. The van der Waals surface area contributed by atoms with Gasteiger partial charge in [0, 0.05) is 34.4 Å². The molecule has 1 N–H and O–H groups in total. The van der Waals surface area contributed by atoms with Gasteiger partial charge in [-0.25, -0.2) is 57.7 Å². The van der Waals surface area contributed by atoms with Crippen molar-refractivity contribution >= 4 is 39.7 Å². The molecule has 0 atom stereocenters. The van der Waals surface area contributed by atoms with Gasteiger partial charge in [-0.2, -0.15) is 41.5 Å². The standard InChI is InChI=1S/C17H16N4O3.C11H9F3N4O5S.C11H9N5O2.C10H10N4O3/c1-21-16(19-15(20-21)17(22)23-2)14-9-8-13(10-18-14)24-11-12-6-4-3-5-7-12;1-18-9(16-8(17-18)10(19)22-2)7-4-3-6(5-15-7)23-24(20,21)11(12,13)14;1-12-7-4-5-8(13-6-7)10-14-9(11(17)18-3)15-16(10)2;1-14-9(7-4-3-6(15)5-11-7)12-8(13-14)10(16)17-2/h3-10H,11H2,1-2H3;3-5H,1-2H3;4-6H,2-3H3;3-5,15H,1-2H3. The number of methoxy groups -OCH3 is 4. The van der Waals surface area contributed by atoms with Crippen molar-refractivity contribution in [3.05, 3.63) is 144 Å². The SMILES string of the molecule is COC(=O)c1nc(-c2ccc(O)cn2)n(C)n1.COC(=O)c1nc(-c2ccc(OCc3ccccc3)cn2)n(C)n1.COC(=O)c1nc(-c2ccc(OS(=O)(=O)C(F)(F)F)cn2)n(C)n1.[C-]#[N+]c1ccc(-c2nc(C(=O)OC)nn2C)nc1. The fourth-order valence-electron chi connectivity index (χ4n) is 6.32. The van der Waals surface area contributed by atoms with Gasteiger partial charge in [0.2, 0.25) is 5.69 Å². The predicted molar refractivity (Wildman–Crippen MR) is 277 cm³/mol. The first-order valence-electron chi connectivity index (χ1n) is 23.1. The van der Waals surface area contributed by atoms with E-state index in [1.54, 1.807) is 57.7 Å². The molecule has 0 radical (unpaired) electrons. The Labute approximate surface area is 467 Å². The van der Waals surface area contributed by atoms with E-state index in [-0.39, 0.29) is 40.6 Å². The molecule has 0 unspecified atom stereocenters. The molecule has 0 saturated heterocycles. The first-order valence-corrected chi connectivity index (χ1v) is 24.5. The number of carbonyl (C=O) groups excluding carboxylic acids is 4. The molecular weight excluding hydrogens is 1120 g/mol. The van der Waals surface area contributed by atoms with Crippen LogP contribution in [0, 0.1) is 6.57 Å². The number of rotatable bonds is 13. The summed E-state index contributed by atoms with van der Waals surface area (Å²) in [4.78, 5) is 80.8. The average Bonchev–Trinajstić information content (AvgIpc) is 4.35. The van der Waals surface area contributed by atoms with Gasteiger partial charge in [-0.3, -0.25) is 4.98 Å². The quantitative estimate of drug-likeness (QED) is 0.0536. The van der Waals surface area contributed by atoms with Crippen molar-refractivity contribution in [1.82, 2.24) is 79.0 Å². The number of alkyl halides is 3. The second kappa shape index (κ2) is 27.2. The number of esters is 4. The van der Waals surface area contributed by atoms with Crippen LogP contribution in [0.15, 0.2) is 104 Å². The van der Waals surface area contributed by atoms with Gasteiger partial charge in [-0.15, -0.1) is 20.4 Å². The third-order valence-electron chi connectivity index (χ3n) is 10.3. The summed E-state index contributed by atoms with van der Waals surface area (Å²) in [5.41, 5.74) is -2.28. The topological polar surface area (TPSA) is 357 Å². The van der Waals surface area contributed by atoms with Crippen molar-refractivity contribution in [2.45, 2.75) is 12.1 Å². The Morgan fingerprint density at radius 1 is 0.530 bits per heavy atom. The van der Waals surface area contributed by atoms with Crippen LogP contribution in [-0.4, -0.2) is 150 Å². The largest absolute Gasteiger partial charge is 0.534 e.